The Morgan fingerprint density at radius 1 is 1.16 bits per heavy atom. The number of carbonyl (C=O) groups excluding carboxylic acids is 2. The molecule has 2 amide bonds. The fourth-order valence-electron chi connectivity index (χ4n) is 4.54. The molecule has 0 radical (unpaired) electrons. The lowest BCUT2D eigenvalue weighted by atomic mass is 10.0. The molecule has 1 saturated heterocycles. The average Bonchev–Trinajstić information content (AvgIpc) is 3.28. The first-order valence-corrected chi connectivity index (χ1v) is 12.2. The van der Waals surface area contributed by atoms with Crippen LogP contribution >= 0.6 is 0 Å². The van der Waals surface area contributed by atoms with E-state index in [1.54, 1.807) is 49.3 Å². The van der Waals surface area contributed by atoms with Crippen LogP contribution in [0.15, 0.2) is 52.9 Å². The molecule has 2 heterocycles. The first-order valence-electron chi connectivity index (χ1n) is 12.2. The summed E-state index contributed by atoms with van der Waals surface area (Å²) in [6, 6.07) is 13.3. The Hall–Kier alpha value is -4.31. The van der Waals surface area contributed by atoms with Gasteiger partial charge in [-0.15, -0.1) is 0 Å². The molecule has 38 heavy (non-hydrogen) atoms. The maximum absolute atomic E-state index is 15.1. The number of rotatable bonds is 6. The van der Waals surface area contributed by atoms with Gasteiger partial charge in [0.05, 0.1) is 6.54 Å². The summed E-state index contributed by atoms with van der Waals surface area (Å²) < 4.78 is 36.1. The standard InChI is InChI=1S/C28H27F2N5O3/c1-16-11-18(7-8-19(16)27(37)34(2)3)32-28-33-24-6-4-5-20(26(24)38-28)17-12-22(29)21(23(30)13-17)14-35-10-9-31-25(36)15-35/h4-8,11-13H,9-10,14-15H2,1-3H3,(H,31,36)(H,32,33). The molecule has 4 aromatic rings. The Kier molecular flexibility index (Phi) is 6.81. The third-order valence-electron chi connectivity index (χ3n) is 6.48. The fourth-order valence-corrected chi connectivity index (χ4v) is 4.54. The number of amides is 2. The monoisotopic (exact) mass is 519 g/mol. The Balaban J connectivity index is 1.42. The molecule has 0 spiro atoms. The number of piperazine rings is 1. The number of nitrogens with one attached hydrogen (secondary N) is 2. The molecule has 1 fully saturated rings. The molecule has 0 saturated carbocycles. The van der Waals surface area contributed by atoms with Crippen LogP contribution in [0.4, 0.5) is 20.5 Å². The van der Waals surface area contributed by atoms with E-state index in [0.29, 0.717) is 46.6 Å². The molecule has 0 atom stereocenters. The number of carbonyl (C=O) groups is 2. The van der Waals surface area contributed by atoms with Crippen LogP contribution in [0.25, 0.3) is 22.2 Å². The van der Waals surface area contributed by atoms with Gasteiger partial charge in [0.25, 0.3) is 11.9 Å². The molecule has 0 unspecified atom stereocenters. The van der Waals surface area contributed by atoms with Crippen LogP contribution in [0.3, 0.4) is 0 Å². The second-order valence-corrected chi connectivity index (χ2v) is 9.51. The third-order valence-corrected chi connectivity index (χ3v) is 6.48. The molecule has 0 bridgehead atoms. The molecule has 3 aromatic carbocycles. The Morgan fingerprint density at radius 2 is 1.92 bits per heavy atom. The zero-order valence-electron chi connectivity index (χ0n) is 21.3. The van der Waals surface area contributed by atoms with E-state index in [0.717, 1.165) is 5.56 Å². The number of halogens is 2. The van der Waals surface area contributed by atoms with Crippen molar-refractivity contribution in [2.45, 2.75) is 13.5 Å². The Morgan fingerprint density at radius 3 is 2.61 bits per heavy atom. The molecule has 196 valence electrons. The number of oxazole rings is 1. The minimum Gasteiger partial charge on any atom is -0.423 e. The summed E-state index contributed by atoms with van der Waals surface area (Å²) in [7, 11) is 3.40. The number of anilines is 2. The van der Waals surface area contributed by atoms with Crippen molar-refractivity contribution >= 4 is 34.6 Å². The summed E-state index contributed by atoms with van der Waals surface area (Å²) in [5, 5.41) is 5.80. The lowest BCUT2D eigenvalue weighted by molar-refractivity contribution is -0.124. The summed E-state index contributed by atoms with van der Waals surface area (Å²) in [4.78, 5) is 31.6. The van der Waals surface area contributed by atoms with Gasteiger partial charge in [0.1, 0.15) is 17.2 Å². The number of fused-ring (bicyclic) bond motifs is 1. The van der Waals surface area contributed by atoms with Crippen LogP contribution in [0.2, 0.25) is 0 Å². The normalized spacial score (nSPS) is 14.0. The van der Waals surface area contributed by atoms with Crippen LogP contribution in [-0.4, -0.2) is 60.3 Å². The third kappa shape index (κ3) is 5.08. The van der Waals surface area contributed by atoms with Crippen molar-refractivity contribution in [2.75, 3.05) is 39.0 Å². The Labute approximate surface area is 218 Å². The zero-order chi connectivity index (χ0) is 27.0. The van der Waals surface area contributed by atoms with Gasteiger partial charge >= 0.3 is 0 Å². The first-order chi connectivity index (χ1) is 18.2. The summed E-state index contributed by atoms with van der Waals surface area (Å²) in [6.07, 6.45) is 0. The first kappa shape index (κ1) is 25.3. The highest BCUT2D eigenvalue weighted by molar-refractivity contribution is 5.96. The van der Waals surface area contributed by atoms with Crippen molar-refractivity contribution in [3.8, 4) is 11.1 Å². The molecule has 0 aliphatic carbocycles. The minimum atomic E-state index is -0.691. The van der Waals surface area contributed by atoms with Gasteiger partial charge in [-0.2, -0.15) is 4.98 Å². The number of hydrogen-bond donors (Lipinski definition) is 2. The van der Waals surface area contributed by atoms with Crippen molar-refractivity contribution < 1.29 is 22.8 Å². The number of aryl methyl sites for hydroxylation is 1. The van der Waals surface area contributed by atoms with Crippen molar-refractivity contribution in [1.29, 1.82) is 0 Å². The highest BCUT2D eigenvalue weighted by Gasteiger charge is 2.22. The SMILES string of the molecule is Cc1cc(Nc2nc3cccc(-c4cc(F)c(CN5CCNC(=O)C5)c(F)c4)c3o2)ccc1C(=O)N(C)C. The summed E-state index contributed by atoms with van der Waals surface area (Å²) in [6.45, 7) is 2.92. The molecular formula is C28H27F2N5O3. The number of aromatic nitrogens is 1. The van der Waals surface area contributed by atoms with Crippen LogP contribution in [0, 0.1) is 18.6 Å². The van der Waals surface area contributed by atoms with Crippen molar-refractivity contribution in [3.63, 3.8) is 0 Å². The predicted octanol–water partition coefficient (Wildman–Crippen LogP) is 4.46. The molecular weight excluding hydrogens is 492 g/mol. The van der Waals surface area contributed by atoms with E-state index in [2.05, 4.69) is 15.6 Å². The summed E-state index contributed by atoms with van der Waals surface area (Å²) in [5.74, 6) is -1.64. The highest BCUT2D eigenvalue weighted by atomic mass is 19.1. The quantitative estimate of drug-likeness (QED) is 0.391. The van der Waals surface area contributed by atoms with Gasteiger partial charge in [0, 0.05) is 56.1 Å². The van der Waals surface area contributed by atoms with Gasteiger partial charge in [-0.1, -0.05) is 12.1 Å². The summed E-state index contributed by atoms with van der Waals surface area (Å²) >= 11 is 0. The van der Waals surface area contributed by atoms with Crippen LogP contribution in [0.5, 0.6) is 0 Å². The van der Waals surface area contributed by atoms with Crippen LogP contribution < -0.4 is 10.6 Å². The van der Waals surface area contributed by atoms with Gasteiger partial charge in [-0.3, -0.25) is 14.5 Å². The second kappa shape index (κ2) is 10.2. The van der Waals surface area contributed by atoms with Crippen molar-refractivity contribution in [1.82, 2.24) is 20.1 Å². The number of hydrogen-bond acceptors (Lipinski definition) is 6. The number of benzene rings is 3. The largest absolute Gasteiger partial charge is 0.423 e. The van der Waals surface area contributed by atoms with E-state index in [4.69, 9.17) is 4.42 Å². The van der Waals surface area contributed by atoms with Gasteiger partial charge in [0.2, 0.25) is 5.91 Å². The highest BCUT2D eigenvalue weighted by Crippen LogP contribution is 2.33. The van der Waals surface area contributed by atoms with Gasteiger partial charge in [0.15, 0.2) is 5.58 Å². The molecule has 2 N–H and O–H groups in total. The van der Waals surface area contributed by atoms with Gasteiger partial charge < -0.3 is 20.0 Å². The second-order valence-electron chi connectivity index (χ2n) is 9.51. The van der Waals surface area contributed by atoms with Crippen LogP contribution in [-0.2, 0) is 11.3 Å². The molecule has 5 rings (SSSR count). The molecule has 1 aliphatic rings. The van der Waals surface area contributed by atoms with Gasteiger partial charge in [-0.05, 0) is 54.4 Å². The van der Waals surface area contributed by atoms with Gasteiger partial charge in [-0.25, -0.2) is 8.78 Å². The maximum Gasteiger partial charge on any atom is 0.300 e. The molecule has 8 nitrogen and oxygen atoms in total. The maximum atomic E-state index is 15.1. The number of nitrogens with zero attached hydrogens (tertiary/aromatic N) is 3. The van der Waals surface area contributed by atoms with E-state index in [1.165, 1.54) is 17.0 Å². The molecule has 1 aromatic heterocycles. The van der Waals surface area contributed by atoms with Crippen molar-refractivity contribution in [2.24, 2.45) is 0 Å². The van der Waals surface area contributed by atoms with Crippen molar-refractivity contribution in [3.05, 3.63) is 76.9 Å². The van der Waals surface area contributed by atoms with E-state index >= 15 is 8.78 Å². The van der Waals surface area contributed by atoms with E-state index in [-0.39, 0.29) is 36.5 Å². The fraction of sp³-hybridized carbons (Fsp3) is 0.250. The lowest BCUT2D eigenvalue weighted by Gasteiger charge is -2.26. The molecule has 1 aliphatic heterocycles. The predicted molar refractivity (Wildman–Crippen MR) is 140 cm³/mol. The van der Waals surface area contributed by atoms with E-state index in [9.17, 15) is 9.59 Å². The summed E-state index contributed by atoms with van der Waals surface area (Å²) in [5.41, 5.74) is 3.69. The Bertz CT molecular complexity index is 1530. The lowest BCUT2D eigenvalue weighted by Crippen LogP contribution is -2.47. The average molecular weight is 520 g/mol. The topological polar surface area (TPSA) is 90.7 Å². The smallest absolute Gasteiger partial charge is 0.300 e. The van der Waals surface area contributed by atoms with Crippen LogP contribution in [0.1, 0.15) is 21.5 Å². The zero-order valence-corrected chi connectivity index (χ0v) is 21.3. The van der Waals surface area contributed by atoms with E-state index < -0.39 is 11.6 Å². The number of para-hydroxylation sites is 1. The molecule has 10 heteroatoms. The van der Waals surface area contributed by atoms with E-state index in [1.807, 2.05) is 13.0 Å². The minimum absolute atomic E-state index is 0.00426.